The molecule has 0 aliphatic heterocycles. The first-order valence-electron chi connectivity index (χ1n) is 8.71. The molecule has 0 radical (unpaired) electrons. The average molecular weight is 381 g/mol. The second kappa shape index (κ2) is 8.94. The van der Waals surface area contributed by atoms with E-state index in [9.17, 15) is 14.4 Å². The number of carboxylic acid groups (broad SMARTS) is 1. The molecule has 2 aromatic carbocycles. The number of carboxylic acids is 1. The van der Waals surface area contributed by atoms with Crippen LogP contribution in [0.4, 0.5) is 0 Å². The van der Waals surface area contributed by atoms with Crippen molar-refractivity contribution in [1.29, 1.82) is 0 Å². The van der Waals surface area contributed by atoms with E-state index < -0.39 is 11.9 Å². The zero-order valence-corrected chi connectivity index (χ0v) is 16.0. The summed E-state index contributed by atoms with van der Waals surface area (Å²) in [5.74, 6) is -1.83. The molecule has 28 heavy (non-hydrogen) atoms. The van der Waals surface area contributed by atoms with E-state index in [0.29, 0.717) is 11.1 Å². The number of amides is 2. The third-order valence-corrected chi connectivity index (χ3v) is 3.98. The van der Waals surface area contributed by atoms with Crippen molar-refractivity contribution in [1.82, 2.24) is 10.7 Å². The van der Waals surface area contributed by atoms with Gasteiger partial charge in [0.25, 0.3) is 11.8 Å². The lowest BCUT2D eigenvalue weighted by Gasteiger charge is -2.19. The quantitative estimate of drug-likeness (QED) is 0.528. The van der Waals surface area contributed by atoms with Gasteiger partial charge >= 0.3 is 5.97 Å². The van der Waals surface area contributed by atoms with Crippen molar-refractivity contribution in [3.63, 3.8) is 0 Å². The van der Waals surface area contributed by atoms with Gasteiger partial charge in [0, 0.05) is 5.56 Å². The number of carbonyl (C=O) groups excluding carboxylic acids is 2. The Balaban J connectivity index is 1.81. The fourth-order valence-electron chi connectivity index (χ4n) is 2.31. The van der Waals surface area contributed by atoms with E-state index in [1.807, 2.05) is 12.1 Å². The summed E-state index contributed by atoms with van der Waals surface area (Å²) in [6, 6.07) is 13.3. The predicted octanol–water partition coefficient (Wildman–Crippen LogP) is 2.56. The Morgan fingerprint density at radius 2 is 1.54 bits per heavy atom. The Bertz CT molecular complexity index is 879. The van der Waals surface area contributed by atoms with Crippen LogP contribution in [-0.2, 0) is 10.2 Å². The summed E-state index contributed by atoms with van der Waals surface area (Å²) in [7, 11) is 0. The number of rotatable bonds is 6. The summed E-state index contributed by atoms with van der Waals surface area (Å²) in [5, 5.41) is 15.2. The first kappa shape index (κ1) is 20.8. The van der Waals surface area contributed by atoms with E-state index in [4.69, 9.17) is 5.11 Å². The number of nitrogens with zero attached hydrogens (tertiary/aromatic N) is 1. The van der Waals surface area contributed by atoms with Crippen LogP contribution in [0.25, 0.3) is 0 Å². The van der Waals surface area contributed by atoms with Gasteiger partial charge in [0.15, 0.2) is 0 Å². The molecule has 7 nitrogen and oxygen atoms in total. The molecule has 0 saturated heterocycles. The number of nitrogens with one attached hydrogen (secondary N) is 2. The Morgan fingerprint density at radius 1 is 0.964 bits per heavy atom. The van der Waals surface area contributed by atoms with Crippen molar-refractivity contribution in [2.45, 2.75) is 26.2 Å². The number of aromatic carboxylic acids is 1. The molecule has 0 bridgehead atoms. The zero-order valence-electron chi connectivity index (χ0n) is 16.0. The molecular formula is C21H23N3O4. The molecule has 7 heteroatoms. The van der Waals surface area contributed by atoms with Crippen LogP contribution in [0, 0.1) is 0 Å². The number of hydrogen-bond donors (Lipinski definition) is 3. The van der Waals surface area contributed by atoms with Crippen LogP contribution in [0.2, 0.25) is 0 Å². The largest absolute Gasteiger partial charge is 0.478 e. The Kier molecular flexibility index (Phi) is 6.65. The van der Waals surface area contributed by atoms with E-state index in [1.165, 1.54) is 18.3 Å². The fraction of sp³-hybridized carbons (Fsp3) is 0.238. The summed E-state index contributed by atoms with van der Waals surface area (Å²) >= 11 is 0. The van der Waals surface area contributed by atoms with Gasteiger partial charge in [-0.25, -0.2) is 10.2 Å². The number of carbonyl (C=O) groups is 3. The molecule has 0 aromatic heterocycles. The van der Waals surface area contributed by atoms with E-state index in [1.54, 1.807) is 24.3 Å². The van der Waals surface area contributed by atoms with Crippen LogP contribution in [-0.4, -0.2) is 35.6 Å². The van der Waals surface area contributed by atoms with E-state index in [0.717, 1.165) is 5.56 Å². The van der Waals surface area contributed by atoms with E-state index in [2.05, 4.69) is 36.6 Å². The number of hydrazone groups is 1. The lowest BCUT2D eigenvalue weighted by molar-refractivity contribution is -0.120. The monoisotopic (exact) mass is 381 g/mol. The van der Waals surface area contributed by atoms with Gasteiger partial charge in [0.05, 0.1) is 18.3 Å². The van der Waals surface area contributed by atoms with Crippen molar-refractivity contribution in [2.75, 3.05) is 6.54 Å². The van der Waals surface area contributed by atoms with Gasteiger partial charge in [-0.1, -0.05) is 45.0 Å². The lowest BCUT2D eigenvalue weighted by Crippen LogP contribution is -2.34. The first-order valence-corrected chi connectivity index (χ1v) is 8.71. The van der Waals surface area contributed by atoms with Crippen molar-refractivity contribution in [2.24, 2.45) is 5.10 Å². The molecule has 0 spiro atoms. The smallest absolute Gasteiger partial charge is 0.335 e. The molecule has 0 heterocycles. The maximum atomic E-state index is 12.1. The average Bonchev–Trinajstić information content (AvgIpc) is 2.66. The molecule has 0 unspecified atom stereocenters. The summed E-state index contributed by atoms with van der Waals surface area (Å²) in [4.78, 5) is 34.7. The highest BCUT2D eigenvalue weighted by Crippen LogP contribution is 2.22. The first-order chi connectivity index (χ1) is 13.2. The van der Waals surface area contributed by atoms with Crippen molar-refractivity contribution in [3.05, 3.63) is 70.8 Å². The molecule has 2 rings (SSSR count). The molecule has 3 N–H and O–H groups in total. The Hall–Kier alpha value is -3.48. The third-order valence-electron chi connectivity index (χ3n) is 3.98. The van der Waals surface area contributed by atoms with Gasteiger partial charge in [-0.15, -0.1) is 0 Å². The van der Waals surface area contributed by atoms with Crippen LogP contribution in [0.15, 0.2) is 53.6 Å². The van der Waals surface area contributed by atoms with Crippen LogP contribution in [0.1, 0.15) is 52.6 Å². The van der Waals surface area contributed by atoms with Crippen LogP contribution >= 0.6 is 0 Å². The summed E-state index contributed by atoms with van der Waals surface area (Å²) < 4.78 is 0. The van der Waals surface area contributed by atoms with Gasteiger partial charge in [-0.3, -0.25) is 9.59 Å². The minimum Gasteiger partial charge on any atom is -0.478 e. The Labute approximate surface area is 163 Å². The predicted molar refractivity (Wildman–Crippen MR) is 107 cm³/mol. The summed E-state index contributed by atoms with van der Waals surface area (Å²) in [5.41, 5.74) is 4.70. The van der Waals surface area contributed by atoms with Gasteiger partial charge in [-0.2, -0.15) is 5.10 Å². The maximum absolute atomic E-state index is 12.1. The summed E-state index contributed by atoms with van der Waals surface area (Å²) in [6.07, 6.45) is 1.39. The molecule has 0 atom stereocenters. The van der Waals surface area contributed by atoms with Crippen molar-refractivity contribution >= 4 is 24.0 Å². The van der Waals surface area contributed by atoms with E-state index in [-0.39, 0.29) is 23.4 Å². The normalized spacial score (nSPS) is 11.2. The topological polar surface area (TPSA) is 108 Å². The molecular weight excluding hydrogens is 358 g/mol. The number of benzene rings is 2. The fourth-order valence-corrected chi connectivity index (χ4v) is 2.31. The molecule has 0 fully saturated rings. The highest BCUT2D eigenvalue weighted by Gasteiger charge is 2.14. The molecule has 2 amide bonds. The van der Waals surface area contributed by atoms with Gasteiger partial charge in [-0.05, 0) is 40.8 Å². The molecule has 0 saturated carbocycles. The van der Waals surface area contributed by atoms with Crippen LogP contribution in [0.3, 0.4) is 0 Å². The SMILES string of the molecule is CC(C)(C)c1ccc(C(=O)NCC(=O)N/N=C\c2ccc(C(=O)O)cc2)cc1. The van der Waals surface area contributed by atoms with Crippen LogP contribution < -0.4 is 10.7 Å². The molecule has 2 aromatic rings. The van der Waals surface area contributed by atoms with Gasteiger partial charge in [0.1, 0.15) is 0 Å². The third kappa shape index (κ3) is 6.05. The highest BCUT2D eigenvalue weighted by atomic mass is 16.4. The minimum absolute atomic E-state index is 0.000835. The van der Waals surface area contributed by atoms with Gasteiger partial charge < -0.3 is 10.4 Å². The van der Waals surface area contributed by atoms with Crippen LogP contribution in [0.5, 0.6) is 0 Å². The van der Waals surface area contributed by atoms with E-state index >= 15 is 0 Å². The summed E-state index contributed by atoms with van der Waals surface area (Å²) in [6.45, 7) is 6.06. The lowest BCUT2D eigenvalue weighted by atomic mass is 9.87. The molecule has 0 aliphatic rings. The maximum Gasteiger partial charge on any atom is 0.335 e. The van der Waals surface area contributed by atoms with Crippen molar-refractivity contribution < 1.29 is 19.5 Å². The zero-order chi connectivity index (χ0) is 20.7. The second-order valence-corrected chi connectivity index (χ2v) is 7.23. The molecule has 0 aliphatic carbocycles. The molecule has 146 valence electrons. The standard InChI is InChI=1S/C21H23N3O4/c1-21(2,3)17-10-8-15(9-11-17)19(26)22-13-18(25)24-23-12-14-4-6-16(7-5-14)20(27)28/h4-12H,13H2,1-3H3,(H,22,26)(H,24,25)(H,27,28)/b23-12-. The second-order valence-electron chi connectivity index (χ2n) is 7.23. The van der Waals surface area contributed by atoms with Gasteiger partial charge in [0.2, 0.25) is 0 Å². The number of hydrogen-bond acceptors (Lipinski definition) is 4. The minimum atomic E-state index is -1.01. The Morgan fingerprint density at radius 3 is 2.07 bits per heavy atom. The highest BCUT2D eigenvalue weighted by molar-refractivity contribution is 5.96. The van der Waals surface area contributed by atoms with Crippen molar-refractivity contribution in [3.8, 4) is 0 Å².